The monoisotopic (exact) mass is 470 g/mol. The van der Waals surface area contributed by atoms with Gasteiger partial charge in [0, 0.05) is 6.54 Å². The highest BCUT2D eigenvalue weighted by Crippen LogP contribution is 2.45. The summed E-state index contributed by atoms with van der Waals surface area (Å²) in [4.78, 5) is 27.8. The van der Waals surface area contributed by atoms with Crippen molar-refractivity contribution in [3.8, 4) is 28.7 Å². The van der Waals surface area contributed by atoms with E-state index in [4.69, 9.17) is 23.7 Å². The van der Waals surface area contributed by atoms with Crippen LogP contribution < -0.4 is 29.0 Å². The van der Waals surface area contributed by atoms with E-state index in [1.165, 1.54) is 7.11 Å². The number of β-lactam (4-membered cyclic amide) rings is 1. The van der Waals surface area contributed by atoms with Crippen LogP contribution in [-0.2, 0) is 16.1 Å². The van der Waals surface area contributed by atoms with Gasteiger partial charge < -0.3 is 33.9 Å². The molecule has 9 nitrogen and oxygen atoms in total. The molecule has 0 bridgehead atoms. The molecule has 0 saturated carbocycles. The minimum Gasteiger partial charge on any atom is -0.493 e. The number of ether oxygens (including phenoxy) is 5. The van der Waals surface area contributed by atoms with E-state index in [9.17, 15) is 9.59 Å². The van der Waals surface area contributed by atoms with Crippen LogP contribution in [0.3, 0.4) is 0 Å². The standard InChI is InChI=1S/C25H30N2O7/c1-6-25(2,24(29)26-13-15-9-20(30-3)23(32-5)21(10-15)31-4)27-17(12-22(27)28)16-7-8-18-19(11-16)34-14-33-18/h7-11,17H,6,12-14H2,1-5H3,(H,26,29). The molecule has 2 atom stereocenters. The van der Waals surface area contributed by atoms with E-state index in [0.29, 0.717) is 41.6 Å². The molecule has 0 aromatic heterocycles. The van der Waals surface area contributed by atoms with E-state index < -0.39 is 5.54 Å². The molecule has 0 spiro atoms. The quantitative estimate of drug-likeness (QED) is 0.563. The Morgan fingerprint density at radius 3 is 2.35 bits per heavy atom. The predicted molar refractivity (Wildman–Crippen MR) is 123 cm³/mol. The second-order valence-corrected chi connectivity index (χ2v) is 8.44. The van der Waals surface area contributed by atoms with Crippen molar-refractivity contribution in [2.45, 2.75) is 44.8 Å². The maximum absolute atomic E-state index is 13.4. The molecule has 9 heteroatoms. The lowest BCUT2D eigenvalue weighted by molar-refractivity contribution is -0.164. The van der Waals surface area contributed by atoms with Crippen molar-refractivity contribution >= 4 is 11.8 Å². The number of methoxy groups -OCH3 is 3. The Morgan fingerprint density at radius 1 is 1.09 bits per heavy atom. The first-order valence-corrected chi connectivity index (χ1v) is 11.1. The highest BCUT2D eigenvalue weighted by molar-refractivity contribution is 5.94. The Hall–Kier alpha value is -3.62. The number of carbonyl (C=O) groups excluding carboxylic acids is 2. The minimum absolute atomic E-state index is 0.0602. The van der Waals surface area contributed by atoms with Gasteiger partial charge in [0.1, 0.15) is 5.54 Å². The van der Waals surface area contributed by atoms with E-state index in [2.05, 4.69) is 5.32 Å². The minimum atomic E-state index is -1.02. The number of hydrogen-bond acceptors (Lipinski definition) is 7. The lowest BCUT2D eigenvalue weighted by Crippen LogP contribution is -2.64. The summed E-state index contributed by atoms with van der Waals surface area (Å²) in [5, 5.41) is 2.98. The summed E-state index contributed by atoms with van der Waals surface area (Å²) in [6, 6.07) is 9.01. The lowest BCUT2D eigenvalue weighted by Gasteiger charge is -2.51. The first kappa shape index (κ1) is 23.5. The summed E-state index contributed by atoms with van der Waals surface area (Å²) >= 11 is 0. The van der Waals surface area contributed by atoms with Gasteiger partial charge in [-0.2, -0.15) is 0 Å². The summed E-state index contributed by atoms with van der Waals surface area (Å²) in [6.07, 6.45) is 0.802. The second-order valence-electron chi connectivity index (χ2n) is 8.44. The van der Waals surface area contributed by atoms with E-state index in [1.807, 2.05) is 25.1 Å². The molecule has 2 amide bonds. The van der Waals surface area contributed by atoms with E-state index in [1.54, 1.807) is 38.2 Å². The summed E-state index contributed by atoms with van der Waals surface area (Å²) < 4.78 is 27.0. The van der Waals surface area contributed by atoms with Gasteiger partial charge in [-0.25, -0.2) is 0 Å². The number of likely N-dealkylation sites (tertiary alicyclic amines) is 1. The fourth-order valence-electron chi connectivity index (χ4n) is 4.47. The Kier molecular flexibility index (Phi) is 6.45. The van der Waals surface area contributed by atoms with Crippen molar-refractivity contribution < 1.29 is 33.3 Å². The van der Waals surface area contributed by atoms with Crippen LogP contribution in [0.2, 0.25) is 0 Å². The van der Waals surface area contributed by atoms with Crippen molar-refractivity contribution in [3.63, 3.8) is 0 Å². The van der Waals surface area contributed by atoms with Gasteiger partial charge in [-0.05, 0) is 48.7 Å². The zero-order chi connectivity index (χ0) is 24.5. The van der Waals surface area contributed by atoms with Gasteiger partial charge >= 0.3 is 0 Å². The SMILES string of the molecule is CCC(C)(C(=O)NCc1cc(OC)c(OC)c(OC)c1)N1C(=O)CC1c1ccc2c(c1)OCO2. The number of carbonyl (C=O) groups is 2. The molecule has 1 N–H and O–H groups in total. The molecule has 1 fully saturated rings. The average Bonchev–Trinajstić information content (AvgIpc) is 3.32. The number of amides is 2. The Labute approximate surface area is 198 Å². The number of nitrogens with zero attached hydrogens (tertiary/aromatic N) is 1. The van der Waals surface area contributed by atoms with Crippen LogP contribution in [0.4, 0.5) is 0 Å². The summed E-state index contributed by atoms with van der Waals surface area (Å²) in [7, 11) is 4.62. The number of benzene rings is 2. The fraction of sp³-hybridized carbons (Fsp3) is 0.440. The van der Waals surface area contributed by atoms with Crippen molar-refractivity contribution in [3.05, 3.63) is 41.5 Å². The first-order valence-electron chi connectivity index (χ1n) is 11.1. The van der Waals surface area contributed by atoms with Crippen LogP contribution in [-0.4, -0.2) is 50.4 Å². The zero-order valence-corrected chi connectivity index (χ0v) is 20.1. The zero-order valence-electron chi connectivity index (χ0n) is 20.1. The molecular formula is C25H30N2O7. The van der Waals surface area contributed by atoms with Gasteiger partial charge in [0.15, 0.2) is 23.0 Å². The third kappa shape index (κ3) is 3.95. The third-order valence-corrected chi connectivity index (χ3v) is 6.62. The molecule has 2 heterocycles. The van der Waals surface area contributed by atoms with Gasteiger partial charge in [-0.15, -0.1) is 0 Å². The van der Waals surface area contributed by atoms with Gasteiger partial charge in [0.25, 0.3) is 0 Å². The summed E-state index contributed by atoms with van der Waals surface area (Å²) in [5.74, 6) is 2.54. The number of nitrogens with one attached hydrogen (secondary N) is 1. The first-order chi connectivity index (χ1) is 16.4. The molecule has 4 rings (SSSR count). The van der Waals surface area contributed by atoms with Gasteiger partial charge in [0.2, 0.25) is 24.4 Å². The van der Waals surface area contributed by atoms with Crippen LogP contribution >= 0.6 is 0 Å². The molecular weight excluding hydrogens is 440 g/mol. The van der Waals surface area contributed by atoms with E-state index >= 15 is 0 Å². The van der Waals surface area contributed by atoms with Crippen molar-refractivity contribution in [1.82, 2.24) is 10.2 Å². The molecule has 0 aliphatic carbocycles. The Morgan fingerprint density at radius 2 is 1.76 bits per heavy atom. The molecule has 2 unspecified atom stereocenters. The van der Waals surface area contributed by atoms with Crippen molar-refractivity contribution in [2.24, 2.45) is 0 Å². The summed E-state index contributed by atoms with van der Waals surface area (Å²) in [6.45, 7) is 4.12. The van der Waals surface area contributed by atoms with Gasteiger partial charge in [-0.3, -0.25) is 9.59 Å². The molecule has 2 aliphatic rings. The van der Waals surface area contributed by atoms with Gasteiger partial charge in [0.05, 0.1) is 33.8 Å². The topological polar surface area (TPSA) is 95.6 Å². The number of fused-ring (bicyclic) bond motifs is 1. The molecule has 2 aliphatic heterocycles. The van der Waals surface area contributed by atoms with E-state index in [0.717, 1.165) is 11.1 Å². The molecule has 0 radical (unpaired) electrons. The lowest BCUT2D eigenvalue weighted by atomic mass is 9.83. The van der Waals surface area contributed by atoms with Crippen LogP contribution in [0.5, 0.6) is 28.7 Å². The maximum atomic E-state index is 13.4. The Bertz CT molecular complexity index is 1080. The van der Waals surface area contributed by atoms with E-state index in [-0.39, 0.29) is 31.2 Å². The van der Waals surface area contributed by atoms with Crippen molar-refractivity contribution in [2.75, 3.05) is 28.1 Å². The Balaban J connectivity index is 1.53. The van der Waals surface area contributed by atoms with Crippen molar-refractivity contribution in [1.29, 1.82) is 0 Å². The highest BCUT2D eigenvalue weighted by atomic mass is 16.7. The second kappa shape index (κ2) is 9.32. The smallest absolute Gasteiger partial charge is 0.245 e. The van der Waals surface area contributed by atoms with Crippen LogP contribution in [0.25, 0.3) is 0 Å². The molecule has 2 aromatic rings. The molecule has 182 valence electrons. The average molecular weight is 471 g/mol. The normalized spacial score (nSPS) is 18.1. The fourth-order valence-corrected chi connectivity index (χ4v) is 4.47. The largest absolute Gasteiger partial charge is 0.493 e. The number of hydrogen-bond donors (Lipinski definition) is 1. The maximum Gasteiger partial charge on any atom is 0.245 e. The third-order valence-electron chi connectivity index (χ3n) is 6.62. The molecule has 2 aromatic carbocycles. The van der Waals surface area contributed by atoms with Gasteiger partial charge in [-0.1, -0.05) is 13.0 Å². The molecule has 34 heavy (non-hydrogen) atoms. The number of rotatable bonds is 9. The van der Waals surface area contributed by atoms with Crippen LogP contribution in [0.15, 0.2) is 30.3 Å². The van der Waals surface area contributed by atoms with Crippen LogP contribution in [0.1, 0.15) is 43.9 Å². The highest BCUT2D eigenvalue weighted by Gasteiger charge is 2.51. The molecule has 1 saturated heterocycles. The summed E-state index contributed by atoms with van der Waals surface area (Å²) in [5.41, 5.74) is 0.682. The van der Waals surface area contributed by atoms with Crippen LogP contribution in [0, 0.1) is 0 Å². The predicted octanol–water partition coefficient (Wildman–Crippen LogP) is 3.20.